The fourth-order valence-corrected chi connectivity index (χ4v) is 4.15. The summed E-state index contributed by atoms with van der Waals surface area (Å²) in [6.45, 7) is 7.63. The normalized spacial score (nSPS) is 18.8. The van der Waals surface area contributed by atoms with Crippen LogP contribution in [-0.2, 0) is 11.3 Å². The van der Waals surface area contributed by atoms with Crippen molar-refractivity contribution in [1.29, 1.82) is 0 Å². The summed E-state index contributed by atoms with van der Waals surface area (Å²) in [5, 5.41) is 3.46. The number of carbonyl (C=O) groups is 1. The lowest BCUT2D eigenvalue weighted by Crippen LogP contribution is -2.35. The van der Waals surface area contributed by atoms with Gasteiger partial charge in [-0.25, -0.2) is 4.98 Å². The summed E-state index contributed by atoms with van der Waals surface area (Å²) in [5.41, 5.74) is 2.74. The van der Waals surface area contributed by atoms with Crippen LogP contribution in [-0.4, -0.2) is 35.5 Å². The third kappa shape index (κ3) is 4.73. The Morgan fingerprint density at radius 1 is 1.17 bits per heavy atom. The second kappa shape index (κ2) is 9.00. The van der Waals surface area contributed by atoms with E-state index in [-0.39, 0.29) is 17.5 Å². The van der Waals surface area contributed by atoms with E-state index in [0.717, 1.165) is 61.8 Å². The van der Waals surface area contributed by atoms with Crippen molar-refractivity contribution < 1.29 is 4.79 Å². The van der Waals surface area contributed by atoms with Crippen molar-refractivity contribution in [2.45, 2.75) is 52.1 Å². The molecule has 2 aromatic rings. The number of H-pyrrole nitrogens is 1. The van der Waals surface area contributed by atoms with Crippen LogP contribution >= 0.6 is 0 Å². The smallest absolute Gasteiger partial charge is 0.252 e. The van der Waals surface area contributed by atoms with Crippen molar-refractivity contribution >= 4 is 17.5 Å². The first-order chi connectivity index (χ1) is 14.5. The van der Waals surface area contributed by atoms with Crippen LogP contribution in [0.15, 0.2) is 35.1 Å². The van der Waals surface area contributed by atoms with Crippen LogP contribution < -0.4 is 20.7 Å². The summed E-state index contributed by atoms with van der Waals surface area (Å²) in [5.74, 6) is 1.61. The minimum atomic E-state index is -0.109. The Labute approximate surface area is 177 Å². The van der Waals surface area contributed by atoms with E-state index in [9.17, 15) is 9.59 Å². The molecule has 2 aliphatic rings. The number of hydrogen-bond donors (Lipinski definition) is 2. The van der Waals surface area contributed by atoms with Gasteiger partial charge in [0.15, 0.2) is 0 Å². The van der Waals surface area contributed by atoms with Crippen LogP contribution in [0, 0.1) is 5.92 Å². The average molecular weight is 410 g/mol. The zero-order chi connectivity index (χ0) is 21.1. The third-order valence-corrected chi connectivity index (χ3v) is 6.21. The molecule has 0 saturated carbocycles. The van der Waals surface area contributed by atoms with Gasteiger partial charge in [-0.2, -0.15) is 0 Å². The van der Waals surface area contributed by atoms with Gasteiger partial charge in [0.1, 0.15) is 0 Å². The fraction of sp³-hybridized carbons (Fsp3) is 0.522. The molecule has 1 atom stereocenters. The predicted molar refractivity (Wildman–Crippen MR) is 119 cm³/mol. The lowest BCUT2D eigenvalue weighted by molar-refractivity contribution is -0.117. The van der Waals surface area contributed by atoms with Crippen LogP contribution in [0.25, 0.3) is 0 Å². The molecule has 0 unspecified atom stereocenters. The molecule has 30 heavy (non-hydrogen) atoms. The second-order valence-electron chi connectivity index (χ2n) is 8.58. The Morgan fingerprint density at radius 2 is 1.90 bits per heavy atom. The largest absolute Gasteiger partial charge is 0.342 e. The summed E-state index contributed by atoms with van der Waals surface area (Å²) in [6.07, 6.45) is 3.82. The van der Waals surface area contributed by atoms with Gasteiger partial charge in [-0.3, -0.25) is 14.6 Å². The lowest BCUT2D eigenvalue weighted by atomic mass is 10.00. The highest BCUT2D eigenvalue weighted by Gasteiger charge is 2.22. The Balaban J connectivity index is 1.38. The maximum atomic E-state index is 12.2. The van der Waals surface area contributed by atoms with Crippen LogP contribution in [0.4, 0.5) is 11.6 Å². The molecular formula is C23H31N5O2. The SMILES string of the molecule is CC1CCN(c2nc([C@@H](C)NCc3ccc(N4CCCC4=O)cc3)cc(=O)[nH]2)CC1. The molecule has 0 spiro atoms. The molecule has 0 radical (unpaired) electrons. The summed E-state index contributed by atoms with van der Waals surface area (Å²) < 4.78 is 0. The molecule has 2 saturated heterocycles. The molecule has 2 aliphatic heterocycles. The molecule has 160 valence electrons. The van der Waals surface area contributed by atoms with Crippen molar-refractivity contribution in [2.75, 3.05) is 29.4 Å². The fourth-order valence-electron chi connectivity index (χ4n) is 4.15. The first-order valence-corrected chi connectivity index (χ1v) is 11.0. The highest BCUT2D eigenvalue weighted by molar-refractivity contribution is 5.95. The highest BCUT2D eigenvalue weighted by atomic mass is 16.2. The van der Waals surface area contributed by atoms with Gasteiger partial charge in [0.25, 0.3) is 5.56 Å². The minimum absolute atomic E-state index is 0.0467. The molecule has 1 amide bonds. The Morgan fingerprint density at radius 3 is 2.57 bits per heavy atom. The standard InChI is InChI=1S/C23H31N5O2/c1-16-9-12-27(13-10-16)23-25-20(14-21(29)26-23)17(2)24-15-18-5-7-19(8-6-18)28-11-3-4-22(28)30/h5-8,14,16-17,24H,3-4,9-13,15H2,1-2H3,(H,25,26,29)/t17-/m1/s1. The number of amides is 1. The van der Waals surface area contributed by atoms with E-state index in [1.165, 1.54) is 0 Å². The monoisotopic (exact) mass is 409 g/mol. The van der Waals surface area contributed by atoms with Gasteiger partial charge in [0.05, 0.1) is 5.69 Å². The number of carbonyl (C=O) groups excluding carboxylic acids is 1. The molecule has 7 heteroatoms. The zero-order valence-corrected chi connectivity index (χ0v) is 17.9. The molecule has 3 heterocycles. The zero-order valence-electron chi connectivity index (χ0n) is 17.9. The summed E-state index contributed by atoms with van der Waals surface area (Å²) in [4.78, 5) is 35.8. The van der Waals surface area contributed by atoms with Gasteiger partial charge in [-0.05, 0) is 49.8 Å². The molecular weight excluding hydrogens is 378 g/mol. The number of nitrogens with one attached hydrogen (secondary N) is 2. The van der Waals surface area contributed by atoms with Crippen molar-refractivity contribution in [3.05, 3.63) is 51.9 Å². The molecule has 1 aromatic heterocycles. The molecule has 2 N–H and O–H groups in total. The first kappa shape index (κ1) is 20.6. The molecule has 4 rings (SSSR count). The molecule has 2 fully saturated rings. The number of aromatic amines is 1. The number of benzene rings is 1. The van der Waals surface area contributed by atoms with E-state index >= 15 is 0 Å². The van der Waals surface area contributed by atoms with E-state index < -0.39 is 0 Å². The van der Waals surface area contributed by atoms with Crippen LogP contribution in [0.5, 0.6) is 0 Å². The van der Waals surface area contributed by atoms with Crippen molar-refractivity contribution in [1.82, 2.24) is 15.3 Å². The van der Waals surface area contributed by atoms with Gasteiger partial charge < -0.3 is 15.1 Å². The maximum Gasteiger partial charge on any atom is 0.252 e. The number of anilines is 2. The van der Waals surface area contributed by atoms with Crippen LogP contribution in [0.1, 0.15) is 56.8 Å². The number of piperidine rings is 1. The molecule has 0 bridgehead atoms. The molecule has 0 aliphatic carbocycles. The van der Waals surface area contributed by atoms with Crippen LogP contribution in [0.2, 0.25) is 0 Å². The Kier molecular flexibility index (Phi) is 6.18. The van der Waals surface area contributed by atoms with Crippen molar-refractivity contribution in [2.24, 2.45) is 5.92 Å². The van der Waals surface area contributed by atoms with Crippen molar-refractivity contribution in [3.63, 3.8) is 0 Å². The van der Waals surface area contributed by atoms with Crippen LogP contribution in [0.3, 0.4) is 0 Å². The minimum Gasteiger partial charge on any atom is -0.342 e. The quantitative estimate of drug-likeness (QED) is 0.767. The number of rotatable bonds is 6. The summed E-state index contributed by atoms with van der Waals surface area (Å²) in [6, 6.07) is 9.64. The van der Waals surface area contributed by atoms with Gasteiger partial charge in [0, 0.05) is 50.4 Å². The van der Waals surface area contributed by atoms with Gasteiger partial charge in [-0.15, -0.1) is 0 Å². The Bertz CT molecular complexity index is 931. The topological polar surface area (TPSA) is 81.3 Å². The Hall–Kier alpha value is -2.67. The van der Waals surface area contributed by atoms with Gasteiger partial charge in [-0.1, -0.05) is 19.1 Å². The third-order valence-electron chi connectivity index (χ3n) is 6.21. The van der Waals surface area contributed by atoms with E-state index in [0.29, 0.717) is 18.9 Å². The lowest BCUT2D eigenvalue weighted by Gasteiger charge is -2.31. The summed E-state index contributed by atoms with van der Waals surface area (Å²) in [7, 11) is 0. The van der Waals surface area contributed by atoms with Gasteiger partial charge >= 0.3 is 0 Å². The number of nitrogens with zero attached hydrogens (tertiary/aromatic N) is 3. The van der Waals surface area contributed by atoms with E-state index in [1.807, 2.05) is 36.1 Å². The van der Waals surface area contributed by atoms with Crippen molar-refractivity contribution in [3.8, 4) is 0 Å². The summed E-state index contributed by atoms with van der Waals surface area (Å²) >= 11 is 0. The number of hydrogen-bond acceptors (Lipinski definition) is 5. The van der Waals surface area contributed by atoms with Gasteiger partial charge in [0.2, 0.25) is 11.9 Å². The van der Waals surface area contributed by atoms with E-state index in [2.05, 4.69) is 22.1 Å². The highest BCUT2D eigenvalue weighted by Crippen LogP contribution is 2.22. The average Bonchev–Trinajstić information content (AvgIpc) is 3.18. The van der Waals surface area contributed by atoms with E-state index in [1.54, 1.807) is 6.07 Å². The predicted octanol–water partition coefficient (Wildman–Crippen LogP) is 2.98. The second-order valence-corrected chi connectivity index (χ2v) is 8.58. The number of aromatic nitrogens is 2. The maximum absolute atomic E-state index is 12.2. The molecule has 1 aromatic carbocycles. The first-order valence-electron chi connectivity index (χ1n) is 11.0. The molecule has 7 nitrogen and oxygen atoms in total. The van der Waals surface area contributed by atoms with E-state index in [4.69, 9.17) is 4.98 Å².